The van der Waals surface area contributed by atoms with Gasteiger partial charge in [0.1, 0.15) is 0 Å². The van der Waals surface area contributed by atoms with Crippen LogP contribution in [0.3, 0.4) is 0 Å². The molecule has 3 aromatic rings. The summed E-state index contributed by atoms with van der Waals surface area (Å²) < 4.78 is 43.8. The third-order valence-electron chi connectivity index (χ3n) is 3.65. The van der Waals surface area contributed by atoms with Crippen molar-refractivity contribution in [1.82, 2.24) is 0 Å². The maximum Gasteiger partial charge on any atom is 0.416 e. The van der Waals surface area contributed by atoms with Crippen molar-refractivity contribution in [3.8, 4) is 0 Å². The number of amides is 2. The smallest absolute Gasteiger partial charge is 0.416 e. The predicted octanol–water partition coefficient (Wildman–Crippen LogP) is 5.57. The average molecular weight is 453 g/mol. The first kappa shape index (κ1) is 19.7. The van der Waals surface area contributed by atoms with E-state index in [2.05, 4.69) is 26.6 Å². The van der Waals surface area contributed by atoms with Crippen LogP contribution < -0.4 is 10.6 Å². The molecule has 0 saturated heterocycles. The van der Waals surface area contributed by atoms with E-state index in [0.717, 1.165) is 12.1 Å². The normalized spacial score (nSPS) is 11.1. The van der Waals surface area contributed by atoms with Crippen molar-refractivity contribution in [3.63, 3.8) is 0 Å². The lowest BCUT2D eigenvalue weighted by molar-refractivity contribution is -0.137. The van der Waals surface area contributed by atoms with Crippen molar-refractivity contribution in [1.29, 1.82) is 0 Å². The maximum absolute atomic E-state index is 12.7. The van der Waals surface area contributed by atoms with Gasteiger partial charge in [-0.1, -0.05) is 6.07 Å². The highest BCUT2D eigenvalue weighted by Crippen LogP contribution is 2.30. The molecule has 0 aliphatic heterocycles. The van der Waals surface area contributed by atoms with Gasteiger partial charge in [0.25, 0.3) is 11.8 Å². The van der Waals surface area contributed by atoms with Crippen molar-refractivity contribution < 1.29 is 27.2 Å². The van der Waals surface area contributed by atoms with Gasteiger partial charge in [-0.05, 0) is 70.5 Å². The second-order valence-electron chi connectivity index (χ2n) is 5.67. The van der Waals surface area contributed by atoms with Crippen LogP contribution in [0.4, 0.5) is 24.5 Å². The molecule has 28 heavy (non-hydrogen) atoms. The maximum atomic E-state index is 12.7. The van der Waals surface area contributed by atoms with Crippen LogP contribution in [0.2, 0.25) is 0 Å². The zero-order chi connectivity index (χ0) is 20.3. The molecule has 0 radical (unpaired) electrons. The third-order valence-corrected chi connectivity index (χ3v) is 4.08. The third kappa shape index (κ3) is 4.80. The molecule has 1 aromatic heterocycles. The van der Waals surface area contributed by atoms with Crippen molar-refractivity contribution in [3.05, 3.63) is 82.2 Å². The predicted molar refractivity (Wildman–Crippen MR) is 100 cm³/mol. The SMILES string of the molecule is O=C(Nc1cccc(C(F)(F)F)c1)c1ccc(NC(=O)c2ccc(Br)o2)cc1. The number of halogens is 4. The summed E-state index contributed by atoms with van der Waals surface area (Å²) >= 11 is 3.10. The second-order valence-corrected chi connectivity index (χ2v) is 6.45. The van der Waals surface area contributed by atoms with E-state index in [1.54, 1.807) is 6.07 Å². The fourth-order valence-electron chi connectivity index (χ4n) is 2.31. The van der Waals surface area contributed by atoms with Crippen LogP contribution >= 0.6 is 15.9 Å². The van der Waals surface area contributed by atoms with Gasteiger partial charge in [0.2, 0.25) is 0 Å². The summed E-state index contributed by atoms with van der Waals surface area (Å²) in [5, 5.41) is 5.01. The monoisotopic (exact) mass is 452 g/mol. The highest BCUT2D eigenvalue weighted by atomic mass is 79.9. The molecule has 0 unspecified atom stereocenters. The van der Waals surface area contributed by atoms with E-state index in [9.17, 15) is 22.8 Å². The first-order valence-electron chi connectivity index (χ1n) is 7.88. The zero-order valence-electron chi connectivity index (χ0n) is 14.0. The number of carbonyl (C=O) groups excluding carboxylic acids is 2. The summed E-state index contributed by atoms with van der Waals surface area (Å²) in [7, 11) is 0. The number of carbonyl (C=O) groups is 2. The highest BCUT2D eigenvalue weighted by molar-refractivity contribution is 9.10. The highest BCUT2D eigenvalue weighted by Gasteiger charge is 2.30. The Labute approximate surface area is 165 Å². The van der Waals surface area contributed by atoms with Crippen LogP contribution in [0.25, 0.3) is 0 Å². The fourth-order valence-corrected chi connectivity index (χ4v) is 2.62. The molecule has 5 nitrogen and oxygen atoms in total. The van der Waals surface area contributed by atoms with Gasteiger partial charge in [-0.25, -0.2) is 0 Å². The lowest BCUT2D eigenvalue weighted by atomic mass is 10.1. The minimum Gasteiger partial charge on any atom is -0.444 e. The van der Waals surface area contributed by atoms with Gasteiger partial charge in [-0.15, -0.1) is 0 Å². The molecule has 2 amide bonds. The fraction of sp³-hybridized carbons (Fsp3) is 0.0526. The van der Waals surface area contributed by atoms with Gasteiger partial charge in [0.15, 0.2) is 10.4 Å². The molecule has 0 atom stereocenters. The van der Waals surface area contributed by atoms with Crippen molar-refractivity contribution in [2.45, 2.75) is 6.18 Å². The minimum absolute atomic E-state index is 0.0283. The molecule has 0 saturated carbocycles. The summed E-state index contributed by atoms with van der Waals surface area (Å²) in [6.45, 7) is 0. The largest absolute Gasteiger partial charge is 0.444 e. The summed E-state index contributed by atoms with van der Waals surface area (Å²) in [6, 6.07) is 13.3. The molecule has 0 aliphatic rings. The molecule has 1 heterocycles. The number of benzene rings is 2. The Hall–Kier alpha value is -3.07. The van der Waals surface area contributed by atoms with Gasteiger partial charge >= 0.3 is 6.18 Å². The number of furan rings is 1. The quantitative estimate of drug-likeness (QED) is 0.543. The van der Waals surface area contributed by atoms with E-state index in [1.165, 1.54) is 42.5 Å². The Morgan fingerprint density at radius 2 is 1.54 bits per heavy atom. The molecule has 0 aliphatic carbocycles. The van der Waals surface area contributed by atoms with Crippen molar-refractivity contribution in [2.75, 3.05) is 10.6 Å². The Kier molecular flexibility index (Phi) is 5.55. The van der Waals surface area contributed by atoms with E-state index in [-0.39, 0.29) is 17.0 Å². The molecule has 2 N–H and O–H groups in total. The van der Waals surface area contributed by atoms with Crippen LogP contribution in [0.1, 0.15) is 26.5 Å². The van der Waals surface area contributed by atoms with Crippen molar-refractivity contribution in [2.24, 2.45) is 0 Å². The van der Waals surface area contributed by atoms with Crippen LogP contribution in [0, 0.1) is 0 Å². The first-order chi connectivity index (χ1) is 13.2. The summed E-state index contributed by atoms with van der Waals surface area (Å²) in [6.07, 6.45) is -4.50. The number of anilines is 2. The minimum atomic E-state index is -4.50. The van der Waals surface area contributed by atoms with Gasteiger partial charge in [0, 0.05) is 16.9 Å². The molecule has 0 spiro atoms. The van der Waals surface area contributed by atoms with Crippen LogP contribution in [0.15, 0.2) is 69.8 Å². The summed E-state index contributed by atoms with van der Waals surface area (Å²) in [4.78, 5) is 24.2. The van der Waals surface area contributed by atoms with Gasteiger partial charge in [-0.3, -0.25) is 9.59 Å². The first-order valence-corrected chi connectivity index (χ1v) is 8.67. The lowest BCUT2D eigenvalue weighted by Gasteiger charge is -2.10. The topological polar surface area (TPSA) is 71.3 Å². The number of hydrogen-bond donors (Lipinski definition) is 2. The van der Waals surface area contributed by atoms with Crippen LogP contribution in [0.5, 0.6) is 0 Å². The Morgan fingerprint density at radius 1 is 0.857 bits per heavy atom. The molecule has 144 valence electrons. The van der Waals surface area contributed by atoms with E-state index in [0.29, 0.717) is 10.4 Å². The van der Waals surface area contributed by atoms with E-state index in [1.807, 2.05) is 0 Å². The lowest BCUT2D eigenvalue weighted by Crippen LogP contribution is -2.14. The summed E-state index contributed by atoms with van der Waals surface area (Å²) in [5.74, 6) is -0.933. The standard InChI is InChI=1S/C19H12BrF3N2O3/c20-16-9-8-15(28-16)18(27)24-13-6-4-11(5-7-13)17(26)25-14-3-1-2-12(10-14)19(21,22)23/h1-10H,(H,24,27)(H,25,26). The van der Waals surface area contributed by atoms with Crippen LogP contribution in [-0.2, 0) is 6.18 Å². The van der Waals surface area contributed by atoms with Crippen LogP contribution in [-0.4, -0.2) is 11.8 Å². The molecule has 2 aromatic carbocycles. The average Bonchev–Trinajstić information content (AvgIpc) is 3.08. The molecule has 9 heteroatoms. The van der Waals surface area contributed by atoms with Gasteiger partial charge in [0.05, 0.1) is 5.56 Å². The molecule has 0 fully saturated rings. The Bertz CT molecular complexity index is 1010. The molecule has 3 rings (SSSR count). The van der Waals surface area contributed by atoms with E-state index < -0.39 is 23.6 Å². The second kappa shape index (κ2) is 7.89. The van der Waals surface area contributed by atoms with Crippen molar-refractivity contribution >= 4 is 39.1 Å². The zero-order valence-corrected chi connectivity index (χ0v) is 15.6. The molecular formula is C19H12BrF3N2O3. The van der Waals surface area contributed by atoms with Gasteiger partial charge in [-0.2, -0.15) is 13.2 Å². The molecular weight excluding hydrogens is 441 g/mol. The number of alkyl halides is 3. The van der Waals surface area contributed by atoms with E-state index in [4.69, 9.17) is 4.42 Å². The number of hydrogen-bond acceptors (Lipinski definition) is 3. The number of rotatable bonds is 4. The Balaban J connectivity index is 1.66. The van der Waals surface area contributed by atoms with E-state index >= 15 is 0 Å². The Morgan fingerprint density at radius 3 is 2.14 bits per heavy atom. The summed E-state index contributed by atoms with van der Waals surface area (Å²) in [5.41, 5.74) is -0.183. The molecule has 0 bridgehead atoms. The van der Waals surface area contributed by atoms with Gasteiger partial charge < -0.3 is 15.1 Å². The number of nitrogens with one attached hydrogen (secondary N) is 2.